The van der Waals surface area contributed by atoms with Crippen LogP contribution in [-0.4, -0.2) is 32.7 Å². The molecule has 0 radical (unpaired) electrons. The third kappa shape index (κ3) is 3.93. The summed E-state index contributed by atoms with van der Waals surface area (Å²) >= 11 is 0. The van der Waals surface area contributed by atoms with Crippen molar-refractivity contribution >= 4 is 11.9 Å². The van der Waals surface area contributed by atoms with E-state index in [-0.39, 0.29) is 17.3 Å². The van der Waals surface area contributed by atoms with Gasteiger partial charge in [-0.15, -0.1) is 0 Å². The van der Waals surface area contributed by atoms with E-state index in [2.05, 4.69) is 4.74 Å². The first-order valence-corrected chi connectivity index (χ1v) is 7.82. The molecule has 0 unspecified atom stereocenters. The topological polar surface area (TPSA) is 54.0 Å². The summed E-state index contributed by atoms with van der Waals surface area (Å²) in [5.74, 6) is 0.791. The van der Waals surface area contributed by atoms with Gasteiger partial charge in [-0.3, -0.25) is 4.79 Å². The van der Waals surface area contributed by atoms with Gasteiger partial charge in [-0.2, -0.15) is 8.78 Å². The van der Waals surface area contributed by atoms with Gasteiger partial charge in [0, 0.05) is 11.1 Å². The second kappa shape index (κ2) is 7.86. The van der Waals surface area contributed by atoms with Gasteiger partial charge >= 0.3 is 6.61 Å². The molecule has 0 amide bonds. The summed E-state index contributed by atoms with van der Waals surface area (Å²) in [5.41, 5.74) is 0.695. The van der Waals surface area contributed by atoms with Crippen molar-refractivity contribution in [1.82, 2.24) is 0 Å². The summed E-state index contributed by atoms with van der Waals surface area (Å²) < 4.78 is 45.7. The van der Waals surface area contributed by atoms with Gasteiger partial charge < -0.3 is 18.9 Å². The standard InChI is InChI=1S/C19H16F2O5/c1-23-16-4-2-3-12(18(16)26-19(20)21)5-7-14(22)13-6-8-15-17(11-13)25-10-9-24-15/h2-8,11,19H,9-10H2,1H3/b7-5+. The summed E-state index contributed by atoms with van der Waals surface area (Å²) in [4.78, 5) is 12.4. The van der Waals surface area contributed by atoms with Crippen molar-refractivity contribution in [3.8, 4) is 23.0 Å². The van der Waals surface area contributed by atoms with E-state index in [0.29, 0.717) is 35.8 Å². The van der Waals surface area contributed by atoms with Crippen molar-refractivity contribution in [3.05, 3.63) is 53.6 Å². The number of fused-ring (bicyclic) bond motifs is 1. The van der Waals surface area contributed by atoms with E-state index in [0.717, 1.165) is 0 Å². The van der Waals surface area contributed by atoms with E-state index in [1.54, 1.807) is 30.3 Å². The molecule has 0 saturated carbocycles. The number of rotatable bonds is 6. The van der Waals surface area contributed by atoms with E-state index < -0.39 is 6.61 Å². The normalized spacial score (nSPS) is 13.1. The molecule has 26 heavy (non-hydrogen) atoms. The lowest BCUT2D eigenvalue weighted by Gasteiger charge is -2.18. The van der Waals surface area contributed by atoms with Gasteiger partial charge in [-0.05, 0) is 36.4 Å². The lowest BCUT2D eigenvalue weighted by atomic mass is 10.1. The Morgan fingerprint density at radius 3 is 2.65 bits per heavy atom. The molecule has 0 fully saturated rings. The van der Waals surface area contributed by atoms with Gasteiger partial charge in [-0.25, -0.2) is 0 Å². The number of methoxy groups -OCH3 is 1. The minimum absolute atomic E-state index is 0.128. The van der Waals surface area contributed by atoms with Crippen molar-refractivity contribution in [2.75, 3.05) is 20.3 Å². The van der Waals surface area contributed by atoms with Crippen LogP contribution in [0.25, 0.3) is 6.08 Å². The van der Waals surface area contributed by atoms with E-state index >= 15 is 0 Å². The number of carbonyl (C=O) groups is 1. The zero-order chi connectivity index (χ0) is 18.5. The maximum Gasteiger partial charge on any atom is 0.387 e. The number of ether oxygens (including phenoxy) is 4. The molecule has 0 atom stereocenters. The smallest absolute Gasteiger partial charge is 0.387 e. The number of carbonyl (C=O) groups excluding carboxylic acids is 1. The average Bonchev–Trinajstić information content (AvgIpc) is 2.66. The molecule has 0 saturated heterocycles. The fraction of sp³-hybridized carbons (Fsp3) is 0.211. The van der Waals surface area contributed by atoms with Crippen molar-refractivity contribution in [2.45, 2.75) is 6.61 Å². The predicted molar refractivity (Wildman–Crippen MR) is 90.4 cm³/mol. The van der Waals surface area contributed by atoms with Crippen LogP contribution < -0.4 is 18.9 Å². The highest BCUT2D eigenvalue weighted by molar-refractivity contribution is 6.07. The number of hydrogen-bond acceptors (Lipinski definition) is 5. The van der Waals surface area contributed by atoms with Gasteiger partial charge in [-0.1, -0.05) is 12.1 Å². The zero-order valence-corrected chi connectivity index (χ0v) is 13.9. The molecule has 3 rings (SSSR count). The summed E-state index contributed by atoms with van der Waals surface area (Å²) in [6.07, 6.45) is 2.68. The summed E-state index contributed by atoms with van der Waals surface area (Å²) in [6.45, 7) is -2.13. The number of allylic oxidation sites excluding steroid dienone is 1. The van der Waals surface area contributed by atoms with E-state index in [9.17, 15) is 13.6 Å². The Labute approximate surface area is 148 Å². The van der Waals surface area contributed by atoms with E-state index in [1.807, 2.05) is 0 Å². The molecule has 1 aliphatic heterocycles. The lowest BCUT2D eigenvalue weighted by molar-refractivity contribution is -0.0513. The molecule has 0 bridgehead atoms. The van der Waals surface area contributed by atoms with E-state index in [4.69, 9.17) is 14.2 Å². The Morgan fingerprint density at radius 1 is 1.15 bits per heavy atom. The fourth-order valence-electron chi connectivity index (χ4n) is 2.50. The third-order valence-electron chi connectivity index (χ3n) is 3.68. The monoisotopic (exact) mass is 362 g/mol. The van der Waals surface area contributed by atoms with Crippen LogP contribution in [0.15, 0.2) is 42.5 Å². The van der Waals surface area contributed by atoms with Crippen LogP contribution in [0.3, 0.4) is 0 Å². The van der Waals surface area contributed by atoms with Crippen LogP contribution in [-0.2, 0) is 0 Å². The summed E-state index contributed by atoms with van der Waals surface area (Å²) in [7, 11) is 1.35. The largest absolute Gasteiger partial charge is 0.493 e. The second-order valence-corrected chi connectivity index (χ2v) is 5.31. The predicted octanol–water partition coefficient (Wildman–Crippen LogP) is 3.96. The van der Waals surface area contributed by atoms with Crippen LogP contribution in [0.1, 0.15) is 15.9 Å². The maximum absolute atomic E-state index is 12.6. The summed E-state index contributed by atoms with van der Waals surface area (Å²) in [5, 5.41) is 0. The molecule has 0 aromatic heterocycles. The molecule has 0 spiro atoms. The van der Waals surface area contributed by atoms with Crippen LogP contribution in [0.5, 0.6) is 23.0 Å². The first-order chi connectivity index (χ1) is 12.6. The highest BCUT2D eigenvalue weighted by Gasteiger charge is 2.16. The fourth-order valence-corrected chi connectivity index (χ4v) is 2.50. The molecule has 136 valence electrons. The Morgan fingerprint density at radius 2 is 1.92 bits per heavy atom. The molecule has 2 aromatic carbocycles. The number of para-hydroxylation sites is 1. The summed E-state index contributed by atoms with van der Waals surface area (Å²) in [6, 6.07) is 9.52. The first-order valence-electron chi connectivity index (χ1n) is 7.82. The number of ketones is 1. The molecule has 1 aliphatic rings. The van der Waals surface area contributed by atoms with Crippen LogP contribution in [0.2, 0.25) is 0 Å². The molecule has 2 aromatic rings. The first kappa shape index (κ1) is 17.7. The molecule has 1 heterocycles. The molecular formula is C19H16F2O5. The second-order valence-electron chi connectivity index (χ2n) is 5.31. The molecule has 7 heteroatoms. The van der Waals surface area contributed by atoms with Crippen molar-refractivity contribution in [2.24, 2.45) is 0 Å². The lowest BCUT2D eigenvalue weighted by Crippen LogP contribution is -2.15. The minimum atomic E-state index is -3.01. The van der Waals surface area contributed by atoms with Crippen LogP contribution in [0.4, 0.5) is 8.78 Å². The molecular weight excluding hydrogens is 346 g/mol. The van der Waals surface area contributed by atoms with Crippen LogP contribution >= 0.6 is 0 Å². The number of hydrogen-bond donors (Lipinski definition) is 0. The SMILES string of the molecule is COc1cccc(/C=C/C(=O)c2ccc3c(c2)OCCO3)c1OC(F)F. The van der Waals surface area contributed by atoms with Gasteiger partial charge in [0.2, 0.25) is 0 Å². The average molecular weight is 362 g/mol. The van der Waals surface area contributed by atoms with Gasteiger partial charge in [0.25, 0.3) is 0 Å². The number of benzene rings is 2. The van der Waals surface area contributed by atoms with Crippen molar-refractivity contribution in [3.63, 3.8) is 0 Å². The highest BCUT2D eigenvalue weighted by Crippen LogP contribution is 2.34. The van der Waals surface area contributed by atoms with Crippen molar-refractivity contribution in [1.29, 1.82) is 0 Å². The third-order valence-corrected chi connectivity index (χ3v) is 3.68. The van der Waals surface area contributed by atoms with Gasteiger partial charge in [0.15, 0.2) is 28.8 Å². The minimum Gasteiger partial charge on any atom is -0.493 e. The zero-order valence-electron chi connectivity index (χ0n) is 13.9. The molecule has 0 aliphatic carbocycles. The Kier molecular flexibility index (Phi) is 5.36. The van der Waals surface area contributed by atoms with Gasteiger partial charge in [0.05, 0.1) is 7.11 Å². The number of halogens is 2. The molecule has 0 N–H and O–H groups in total. The highest BCUT2D eigenvalue weighted by atomic mass is 19.3. The maximum atomic E-state index is 12.6. The quantitative estimate of drug-likeness (QED) is 0.575. The Balaban J connectivity index is 1.84. The molecule has 5 nitrogen and oxygen atoms in total. The van der Waals surface area contributed by atoms with Crippen LogP contribution in [0, 0.1) is 0 Å². The van der Waals surface area contributed by atoms with Crippen molar-refractivity contribution < 1.29 is 32.5 Å². The van der Waals surface area contributed by atoms with E-state index in [1.165, 1.54) is 25.3 Å². The van der Waals surface area contributed by atoms with Gasteiger partial charge in [0.1, 0.15) is 13.2 Å². The Bertz CT molecular complexity index is 833. The Hall–Kier alpha value is -3.09. The number of alkyl halides is 2.